The van der Waals surface area contributed by atoms with Crippen molar-refractivity contribution in [1.82, 2.24) is 15.0 Å². The number of fused-ring (bicyclic) bond motifs is 1. The van der Waals surface area contributed by atoms with Gasteiger partial charge < -0.3 is 15.3 Å². The lowest BCUT2D eigenvalue weighted by Crippen LogP contribution is -2.16. The number of nitrogens with one attached hydrogen (secondary N) is 3. The summed E-state index contributed by atoms with van der Waals surface area (Å²) in [6.45, 7) is 0. The Hall–Kier alpha value is -2.30. The first-order valence-corrected chi connectivity index (χ1v) is 5.77. The number of para-hydroxylation sites is 1. The molecule has 1 aromatic carbocycles. The molecule has 3 N–H and O–H groups in total. The number of anilines is 1. The van der Waals surface area contributed by atoms with E-state index >= 15 is 0 Å². The van der Waals surface area contributed by atoms with Crippen molar-refractivity contribution in [1.29, 1.82) is 0 Å². The number of hydrogen-bond donors (Lipinski definition) is 3. The highest BCUT2D eigenvalue weighted by atomic mass is 19.1. The lowest BCUT2D eigenvalue weighted by molar-refractivity contribution is 0.368. The van der Waals surface area contributed by atoms with Crippen LogP contribution in [0.15, 0.2) is 42.9 Å². The molecule has 0 saturated heterocycles. The van der Waals surface area contributed by atoms with Gasteiger partial charge in [0.1, 0.15) is 5.82 Å². The SMILES string of the molecule is FC(Cc1cnc[nH]1)Nc1cc2ccccc2[nH]1. The molecule has 0 spiro atoms. The van der Waals surface area contributed by atoms with Crippen LogP contribution in [0.1, 0.15) is 5.69 Å². The lowest BCUT2D eigenvalue weighted by Gasteiger charge is -2.08. The molecule has 0 aliphatic carbocycles. The van der Waals surface area contributed by atoms with E-state index in [1.54, 1.807) is 12.5 Å². The summed E-state index contributed by atoms with van der Waals surface area (Å²) in [6, 6.07) is 9.74. The summed E-state index contributed by atoms with van der Waals surface area (Å²) in [5, 5.41) is 3.86. The van der Waals surface area contributed by atoms with Gasteiger partial charge >= 0.3 is 0 Å². The molecule has 0 amide bonds. The molecule has 18 heavy (non-hydrogen) atoms. The molecule has 3 rings (SSSR count). The first-order valence-electron chi connectivity index (χ1n) is 5.77. The second-order valence-corrected chi connectivity index (χ2v) is 4.16. The Labute approximate surface area is 103 Å². The Morgan fingerprint density at radius 3 is 3.00 bits per heavy atom. The standard InChI is InChI=1S/C13H13FN4/c14-12(6-10-7-15-8-16-10)18-13-5-9-3-1-2-4-11(9)17-13/h1-5,7-8,12,17-18H,6H2,(H,15,16). The van der Waals surface area contributed by atoms with Crippen LogP contribution in [0.3, 0.4) is 0 Å². The quantitative estimate of drug-likeness (QED) is 0.618. The number of imidazole rings is 1. The summed E-state index contributed by atoms with van der Waals surface area (Å²) in [7, 11) is 0. The molecule has 3 aromatic rings. The summed E-state index contributed by atoms with van der Waals surface area (Å²) >= 11 is 0. The van der Waals surface area contributed by atoms with Crippen LogP contribution in [-0.4, -0.2) is 21.2 Å². The average molecular weight is 244 g/mol. The zero-order valence-electron chi connectivity index (χ0n) is 9.65. The van der Waals surface area contributed by atoms with Gasteiger partial charge in [0.25, 0.3) is 0 Å². The maximum atomic E-state index is 13.8. The number of H-pyrrole nitrogens is 2. The molecule has 1 unspecified atom stereocenters. The van der Waals surface area contributed by atoms with Crippen LogP contribution in [0.5, 0.6) is 0 Å². The monoisotopic (exact) mass is 244 g/mol. The highest BCUT2D eigenvalue weighted by molar-refractivity contribution is 5.83. The van der Waals surface area contributed by atoms with E-state index in [4.69, 9.17) is 0 Å². The molecule has 0 aliphatic rings. The second kappa shape index (κ2) is 4.52. The van der Waals surface area contributed by atoms with Crippen molar-refractivity contribution < 1.29 is 4.39 Å². The number of rotatable bonds is 4. The Balaban J connectivity index is 1.71. The van der Waals surface area contributed by atoms with Gasteiger partial charge in [0, 0.05) is 29.2 Å². The molecular formula is C13H13FN4. The highest BCUT2D eigenvalue weighted by Gasteiger charge is 2.09. The maximum Gasteiger partial charge on any atom is 0.176 e. The number of nitrogens with zero attached hydrogens (tertiary/aromatic N) is 1. The fourth-order valence-corrected chi connectivity index (χ4v) is 1.96. The van der Waals surface area contributed by atoms with E-state index in [0.29, 0.717) is 5.82 Å². The Morgan fingerprint density at radius 1 is 1.33 bits per heavy atom. The van der Waals surface area contributed by atoms with Crippen LogP contribution in [-0.2, 0) is 6.42 Å². The van der Waals surface area contributed by atoms with Gasteiger partial charge in [0.15, 0.2) is 6.30 Å². The molecule has 2 heterocycles. The van der Waals surface area contributed by atoms with Crippen LogP contribution in [0, 0.1) is 0 Å². The van der Waals surface area contributed by atoms with E-state index in [0.717, 1.165) is 16.6 Å². The van der Waals surface area contributed by atoms with Gasteiger partial charge in [-0.25, -0.2) is 9.37 Å². The molecule has 2 aromatic heterocycles. The van der Waals surface area contributed by atoms with E-state index in [-0.39, 0.29) is 6.42 Å². The minimum Gasteiger partial charge on any atom is -0.348 e. The second-order valence-electron chi connectivity index (χ2n) is 4.16. The number of aromatic amines is 2. The predicted octanol–water partition coefficient (Wildman–Crippen LogP) is 2.84. The van der Waals surface area contributed by atoms with Gasteiger partial charge in [0.2, 0.25) is 0 Å². The van der Waals surface area contributed by atoms with E-state index < -0.39 is 6.30 Å². The normalized spacial score (nSPS) is 12.7. The van der Waals surface area contributed by atoms with E-state index in [1.807, 2.05) is 30.3 Å². The molecule has 0 bridgehead atoms. The first-order chi connectivity index (χ1) is 8.81. The van der Waals surface area contributed by atoms with Gasteiger partial charge in [-0.05, 0) is 12.1 Å². The third kappa shape index (κ3) is 2.20. The Bertz CT molecular complexity index is 596. The molecule has 0 fully saturated rings. The van der Waals surface area contributed by atoms with Crippen LogP contribution < -0.4 is 5.32 Å². The van der Waals surface area contributed by atoms with Crippen molar-refractivity contribution in [2.75, 3.05) is 5.32 Å². The van der Waals surface area contributed by atoms with Crippen LogP contribution in [0.4, 0.5) is 10.2 Å². The number of aromatic nitrogens is 3. The van der Waals surface area contributed by atoms with E-state index in [9.17, 15) is 4.39 Å². The largest absolute Gasteiger partial charge is 0.348 e. The minimum atomic E-state index is -1.15. The summed E-state index contributed by atoms with van der Waals surface area (Å²) < 4.78 is 13.8. The van der Waals surface area contributed by atoms with Crippen molar-refractivity contribution in [3.8, 4) is 0 Å². The maximum absolute atomic E-state index is 13.8. The summed E-state index contributed by atoms with van der Waals surface area (Å²) in [5.41, 5.74) is 1.76. The number of hydrogen-bond acceptors (Lipinski definition) is 2. The van der Waals surface area contributed by atoms with Crippen LogP contribution >= 0.6 is 0 Å². The first kappa shape index (κ1) is 10.8. The minimum absolute atomic E-state index is 0.259. The van der Waals surface area contributed by atoms with Crippen molar-refractivity contribution in [2.45, 2.75) is 12.7 Å². The molecule has 4 nitrogen and oxygen atoms in total. The van der Waals surface area contributed by atoms with Crippen molar-refractivity contribution in [3.63, 3.8) is 0 Å². The number of halogens is 1. The molecule has 0 radical (unpaired) electrons. The Morgan fingerprint density at radius 2 is 2.22 bits per heavy atom. The fourth-order valence-electron chi connectivity index (χ4n) is 1.96. The predicted molar refractivity (Wildman–Crippen MR) is 69.1 cm³/mol. The third-order valence-electron chi connectivity index (χ3n) is 2.80. The van der Waals surface area contributed by atoms with Gasteiger partial charge in [-0.2, -0.15) is 0 Å². The van der Waals surface area contributed by atoms with E-state index in [1.165, 1.54) is 0 Å². The molecule has 5 heteroatoms. The zero-order valence-corrected chi connectivity index (χ0v) is 9.65. The lowest BCUT2D eigenvalue weighted by atomic mass is 10.2. The fraction of sp³-hybridized carbons (Fsp3) is 0.154. The van der Waals surface area contributed by atoms with Gasteiger partial charge in [-0.3, -0.25) is 0 Å². The summed E-state index contributed by atoms with van der Waals surface area (Å²) in [5.74, 6) is 0.684. The van der Waals surface area contributed by atoms with Crippen LogP contribution in [0.25, 0.3) is 10.9 Å². The molecule has 0 aliphatic heterocycles. The van der Waals surface area contributed by atoms with Crippen LogP contribution in [0.2, 0.25) is 0 Å². The smallest absolute Gasteiger partial charge is 0.176 e. The summed E-state index contributed by atoms with van der Waals surface area (Å²) in [6.07, 6.45) is 2.28. The zero-order chi connectivity index (χ0) is 12.4. The van der Waals surface area contributed by atoms with Crippen molar-refractivity contribution >= 4 is 16.7 Å². The number of alkyl halides is 1. The highest BCUT2D eigenvalue weighted by Crippen LogP contribution is 2.19. The topological polar surface area (TPSA) is 56.5 Å². The molecule has 92 valence electrons. The third-order valence-corrected chi connectivity index (χ3v) is 2.80. The van der Waals surface area contributed by atoms with E-state index in [2.05, 4.69) is 20.3 Å². The molecule has 1 atom stereocenters. The Kier molecular flexibility index (Phi) is 2.72. The van der Waals surface area contributed by atoms with Crippen molar-refractivity contribution in [3.05, 3.63) is 48.5 Å². The summed E-state index contributed by atoms with van der Waals surface area (Å²) in [4.78, 5) is 9.87. The average Bonchev–Trinajstić information content (AvgIpc) is 2.96. The van der Waals surface area contributed by atoms with Gasteiger partial charge in [-0.15, -0.1) is 0 Å². The number of benzene rings is 1. The van der Waals surface area contributed by atoms with Gasteiger partial charge in [0.05, 0.1) is 6.33 Å². The van der Waals surface area contributed by atoms with Crippen molar-refractivity contribution in [2.24, 2.45) is 0 Å². The molecule has 0 saturated carbocycles. The van der Waals surface area contributed by atoms with Gasteiger partial charge in [-0.1, -0.05) is 18.2 Å². The molecular weight excluding hydrogens is 231 g/mol.